The third-order valence-electron chi connectivity index (χ3n) is 12.2. The van der Waals surface area contributed by atoms with Crippen LogP contribution in [0, 0.1) is 17.2 Å². The number of rotatable bonds is 9. The van der Waals surface area contributed by atoms with Gasteiger partial charge in [0.25, 0.3) is 11.8 Å². The highest BCUT2D eigenvalue weighted by molar-refractivity contribution is 5.95. The van der Waals surface area contributed by atoms with Gasteiger partial charge in [-0.3, -0.25) is 9.59 Å². The van der Waals surface area contributed by atoms with Gasteiger partial charge in [0.15, 0.2) is 5.82 Å². The average molecular weight is 688 g/mol. The number of nitrogens with zero attached hydrogens (tertiary/aromatic N) is 7. The van der Waals surface area contributed by atoms with E-state index in [4.69, 9.17) is 0 Å². The van der Waals surface area contributed by atoms with Crippen LogP contribution in [0.25, 0.3) is 0 Å². The van der Waals surface area contributed by atoms with Crippen LogP contribution in [-0.2, 0) is 18.3 Å². The quantitative estimate of drug-likeness (QED) is 0.329. The van der Waals surface area contributed by atoms with E-state index in [1.54, 1.807) is 0 Å². The molecule has 0 radical (unpaired) electrons. The Morgan fingerprint density at radius 3 is 2.06 bits per heavy atom. The number of likely N-dealkylation sites (tertiary alicyclic amines) is 3. The van der Waals surface area contributed by atoms with Crippen LogP contribution in [0.2, 0.25) is 0 Å². The second-order valence-electron chi connectivity index (χ2n) is 15.5. The SMILES string of the molecule is C=C(CN[C@H](C)CC1(c2nn[nH]n2)c2ccc(C(=O)N3CCCCC3)cc2CCc2cc(C(=O)N3CCCCC3)ccc21)N1C(C#N)C[C@@H]2C[C@@H]21. The van der Waals surface area contributed by atoms with Crippen molar-refractivity contribution < 1.29 is 9.59 Å². The van der Waals surface area contributed by atoms with Crippen molar-refractivity contribution in [3.05, 3.63) is 87.9 Å². The molecule has 3 aliphatic heterocycles. The number of H-pyrrole nitrogens is 1. The van der Waals surface area contributed by atoms with Gasteiger partial charge in [-0.1, -0.05) is 23.9 Å². The zero-order chi connectivity index (χ0) is 35.1. The van der Waals surface area contributed by atoms with Gasteiger partial charge in [0.05, 0.1) is 11.5 Å². The Balaban J connectivity index is 1.17. The molecule has 11 heteroatoms. The number of nitriles is 1. The van der Waals surface area contributed by atoms with Gasteiger partial charge in [-0.25, -0.2) is 0 Å². The van der Waals surface area contributed by atoms with Gasteiger partial charge >= 0.3 is 0 Å². The van der Waals surface area contributed by atoms with Crippen LogP contribution in [0.3, 0.4) is 0 Å². The lowest BCUT2D eigenvalue weighted by molar-refractivity contribution is 0.0717. The minimum Gasteiger partial charge on any atom is -0.355 e. The summed E-state index contributed by atoms with van der Waals surface area (Å²) in [6, 6.07) is 15.2. The van der Waals surface area contributed by atoms with Crippen LogP contribution in [0.4, 0.5) is 0 Å². The van der Waals surface area contributed by atoms with Crippen molar-refractivity contribution in [3.63, 3.8) is 0 Å². The molecule has 1 saturated carbocycles. The van der Waals surface area contributed by atoms with E-state index in [1.165, 1.54) is 12.8 Å². The summed E-state index contributed by atoms with van der Waals surface area (Å²) in [7, 11) is 0. The summed E-state index contributed by atoms with van der Waals surface area (Å²) in [6.45, 7) is 10.3. The normalized spacial score (nSPS) is 24.1. The van der Waals surface area contributed by atoms with Crippen LogP contribution in [0.15, 0.2) is 48.7 Å². The van der Waals surface area contributed by atoms with Crippen molar-refractivity contribution in [2.75, 3.05) is 32.7 Å². The first-order chi connectivity index (χ1) is 24.9. The molecule has 11 nitrogen and oxygen atoms in total. The van der Waals surface area contributed by atoms with E-state index in [0.717, 1.165) is 105 Å². The molecule has 5 aliphatic rings. The number of hydrogen-bond acceptors (Lipinski definition) is 8. The van der Waals surface area contributed by atoms with E-state index < -0.39 is 5.41 Å². The Labute approximate surface area is 300 Å². The molecule has 2 amide bonds. The smallest absolute Gasteiger partial charge is 0.253 e. The molecule has 1 unspecified atom stereocenters. The van der Waals surface area contributed by atoms with Crippen molar-refractivity contribution in [2.24, 2.45) is 5.92 Å². The molecule has 266 valence electrons. The van der Waals surface area contributed by atoms with Crippen LogP contribution in [0.5, 0.6) is 0 Å². The summed E-state index contributed by atoms with van der Waals surface area (Å²) in [4.78, 5) is 33.7. The fraction of sp³-hybridized carbons (Fsp3) is 0.550. The number of fused-ring (bicyclic) bond motifs is 3. The minimum absolute atomic E-state index is 0.0264. The van der Waals surface area contributed by atoms with E-state index >= 15 is 0 Å². The Kier molecular flexibility index (Phi) is 9.13. The predicted molar refractivity (Wildman–Crippen MR) is 193 cm³/mol. The van der Waals surface area contributed by atoms with Gasteiger partial charge in [-0.15, -0.1) is 10.2 Å². The zero-order valence-electron chi connectivity index (χ0n) is 29.7. The highest BCUT2D eigenvalue weighted by atomic mass is 16.2. The maximum Gasteiger partial charge on any atom is 0.253 e. The Hall–Kier alpha value is -4.56. The summed E-state index contributed by atoms with van der Waals surface area (Å²) in [5, 5.41) is 29.7. The molecule has 0 spiro atoms. The monoisotopic (exact) mass is 687 g/mol. The van der Waals surface area contributed by atoms with Gasteiger partial charge in [0.2, 0.25) is 0 Å². The molecule has 4 atom stereocenters. The topological polar surface area (TPSA) is 134 Å². The van der Waals surface area contributed by atoms with Gasteiger partial charge in [-0.05, 0) is 130 Å². The van der Waals surface area contributed by atoms with E-state index in [1.807, 2.05) is 21.9 Å². The second-order valence-corrected chi connectivity index (χ2v) is 15.5. The van der Waals surface area contributed by atoms with Crippen molar-refractivity contribution >= 4 is 11.8 Å². The Morgan fingerprint density at radius 1 is 0.941 bits per heavy atom. The zero-order valence-corrected chi connectivity index (χ0v) is 29.7. The van der Waals surface area contributed by atoms with Crippen LogP contribution in [0.1, 0.15) is 114 Å². The number of aryl methyl sites for hydroxylation is 2. The molecule has 8 rings (SSSR count). The van der Waals surface area contributed by atoms with Gasteiger partial charge in [-0.2, -0.15) is 10.5 Å². The lowest BCUT2D eigenvalue weighted by atomic mass is 9.67. The molecular weight excluding hydrogens is 639 g/mol. The van der Waals surface area contributed by atoms with Crippen molar-refractivity contribution in [3.8, 4) is 6.07 Å². The number of tetrazole rings is 1. The van der Waals surface area contributed by atoms with E-state index in [2.05, 4.69) is 74.7 Å². The molecule has 4 fully saturated rings. The molecule has 0 bridgehead atoms. The standard InChI is InChI=1S/C40H49N9O2/c1-26(42-25-27(2)49-33(24-41)21-32-22-36(32)49)23-40(39-43-45-46-44-39)34-13-11-30(37(50)47-15-5-3-6-16-47)19-28(34)9-10-29-20-31(12-14-35(29)40)38(51)48-17-7-4-8-18-48/h11-14,19-20,26,32-33,36,42H,2-10,15-18,21-23,25H2,1H3,(H,43,44,45,46)/t26-,32-,33?,36+/m1/s1. The maximum absolute atomic E-state index is 13.8. The largest absolute Gasteiger partial charge is 0.355 e. The summed E-state index contributed by atoms with van der Waals surface area (Å²) >= 11 is 0. The van der Waals surface area contributed by atoms with Gasteiger partial charge in [0.1, 0.15) is 6.04 Å². The lowest BCUT2D eigenvalue weighted by Gasteiger charge is -2.37. The number of aromatic nitrogens is 4. The number of carbonyl (C=O) groups excluding carboxylic acids is 2. The van der Waals surface area contributed by atoms with Crippen LogP contribution >= 0.6 is 0 Å². The number of aromatic amines is 1. The first-order valence-corrected chi connectivity index (χ1v) is 19.1. The van der Waals surface area contributed by atoms with Crippen molar-refractivity contribution in [1.82, 2.24) is 40.6 Å². The third kappa shape index (κ3) is 6.22. The first-order valence-electron chi connectivity index (χ1n) is 19.1. The molecule has 2 aromatic carbocycles. The molecule has 3 aromatic rings. The van der Waals surface area contributed by atoms with E-state index in [0.29, 0.717) is 41.9 Å². The number of piperidine rings is 3. The van der Waals surface area contributed by atoms with Crippen LogP contribution < -0.4 is 5.32 Å². The average Bonchev–Trinajstić information content (AvgIpc) is 3.55. The molecular formula is C40H49N9O2. The molecule has 2 N–H and O–H groups in total. The fourth-order valence-corrected chi connectivity index (χ4v) is 9.51. The summed E-state index contributed by atoms with van der Waals surface area (Å²) in [5.41, 5.74) is 5.87. The molecule has 51 heavy (non-hydrogen) atoms. The second kappa shape index (κ2) is 13.9. The fourth-order valence-electron chi connectivity index (χ4n) is 9.51. The molecule has 4 heterocycles. The highest BCUT2D eigenvalue weighted by Crippen LogP contribution is 2.50. The number of hydrogen-bond donors (Lipinski definition) is 2. The van der Waals surface area contributed by atoms with E-state index in [9.17, 15) is 14.9 Å². The number of amides is 2. The Bertz CT molecular complexity index is 1750. The lowest BCUT2D eigenvalue weighted by Crippen LogP contribution is -2.42. The van der Waals surface area contributed by atoms with Crippen LogP contribution in [-0.4, -0.2) is 98.0 Å². The number of nitrogens with one attached hydrogen (secondary N) is 2. The van der Waals surface area contributed by atoms with Gasteiger partial charge in [0, 0.05) is 61.6 Å². The van der Waals surface area contributed by atoms with Gasteiger partial charge < -0.3 is 20.0 Å². The first kappa shape index (κ1) is 33.6. The van der Waals surface area contributed by atoms with E-state index in [-0.39, 0.29) is 23.9 Å². The minimum atomic E-state index is -0.814. The van der Waals surface area contributed by atoms with Crippen molar-refractivity contribution in [2.45, 2.75) is 101 Å². The van der Waals surface area contributed by atoms with Crippen molar-refractivity contribution in [1.29, 1.82) is 5.26 Å². The Morgan fingerprint density at radius 2 is 1.53 bits per heavy atom. The summed E-state index contributed by atoms with van der Waals surface area (Å²) in [5.74, 6) is 1.35. The third-order valence-corrected chi connectivity index (χ3v) is 12.2. The molecule has 1 aromatic heterocycles. The number of benzene rings is 2. The maximum atomic E-state index is 13.8. The number of carbonyl (C=O) groups is 2. The predicted octanol–water partition coefficient (Wildman–Crippen LogP) is 4.75. The molecule has 3 saturated heterocycles. The summed E-state index contributed by atoms with van der Waals surface area (Å²) in [6.07, 6.45) is 10.6. The highest BCUT2D eigenvalue weighted by Gasteiger charge is 2.52. The molecule has 2 aliphatic carbocycles. The summed E-state index contributed by atoms with van der Waals surface area (Å²) < 4.78 is 0.